The Bertz CT molecular complexity index is 1200. The summed E-state index contributed by atoms with van der Waals surface area (Å²) in [6, 6.07) is 5.45. The number of halogens is 1. The summed E-state index contributed by atoms with van der Waals surface area (Å²) < 4.78 is 47.0. The van der Waals surface area contributed by atoms with Gasteiger partial charge in [0.15, 0.2) is 0 Å². The van der Waals surface area contributed by atoms with Gasteiger partial charge in [0.25, 0.3) is 5.91 Å². The smallest absolute Gasteiger partial charge is 0.254 e. The molecule has 0 radical (unpaired) electrons. The molecule has 170 valence electrons. The lowest BCUT2D eigenvalue weighted by molar-refractivity contribution is 0.0909. The van der Waals surface area contributed by atoms with Crippen LogP contribution in [0.4, 0.5) is 4.39 Å². The number of carbonyl (C=O) groups is 1. The van der Waals surface area contributed by atoms with Gasteiger partial charge < -0.3 is 9.84 Å². The number of pyridine rings is 1. The van der Waals surface area contributed by atoms with E-state index in [4.69, 9.17) is 4.52 Å². The van der Waals surface area contributed by atoms with Gasteiger partial charge in [0.1, 0.15) is 11.9 Å². The number of nitrogens with zero attached hydrogens (tertiary/aromatic N) is 3. The highest BCUT2D eigenvalue weighted by atomic mass is 32.2. The predicted molar refractivity (Wildman–Crippen MR) is 114 cm³/mol. The molecule has 0 saturated heterocycles. The summed E-state index contributed by atoms with van der Waals surface area (Å²) in [6.07, 6.45) is 3.19. The highest BCUT2D eigenvalue weighted by Crippen LogP contribution is 2.24. The van der Waals surface area contributed by atoms with E-state index in [-0.39, 0.29) is 22.7 Å². The molecular formula is C21H24FN5O4S. The minimum absolute atomic E-state index is 0.137. The van der Waals surface area contributed by atoms with Crippen molar-refractivity contribution in [3.05, 3.63) is 60.0 Å². The van der Waals surface area contributed by atoms with E-state index in [1.807, 2.05) is 13.8 Å². The van der Waals surface area contributed by atoms with Crippen LogP contribution >= 0.6 is 0 Å². The summed E-state index contributed by atoms with van der Waals surface area (Å²) in [5.74, 6) is -1.40. The topological polar surface area (TPSA) is 127 Å². The van der Waals surface area contributed by atoms with Gasteiger partial charge in [-0.15, -0.1) is 0 Å². The molecule has 2 aromatic heterocycles. The van der Waals surface area contributed by atoms with Crippen molar-refractivity contribution in [3.8, 4) is 11.4 Å². The van der Waals surface area contributed by atoms with Crippen molar-refractivity contribution in [3.63, 3.8) is 0 Å². The average molecular weight is 462 g/mol. The standard InChI is InChI=1S/C21H24FN5O4S/c1-12(2)18(21-25-19(26-31-21)14-6-5-9-23-11-14)24-20(28)16-10-15(7-8-17(16)22)32(29,30)27-13(3)4/h5-13,18,27H,1-4H3,(H,24,28). The Morgan fingerprint density at radius 2 is 1.91 bits per heavy atom. The molecule has 1 amide bonds. The monoisotopic (exact) mass is 461 g/mol. The van der Waals surface area contributed by atoms with E-state index in [9.17, 15) is 17.6 Å². The van der Waals surface area contributed by atoms with Crippen molar-refractivity contribution in [2.75, 3.05) is 0 Å². The highest BCUT2D eigenvalue weighted by molar-refractivity contribution is 7.89. The number of benzene rings is 1. The van der Waals surface area contributed by atoms with Crippen LogP contribution < -0.4 is 10.0 Å². The molecule has 0 fully saturated rings. The second-order valence-corrected chi connectivity index (χ2v) is 9.52. The molecule has 2 heterocycles. The molecule has 1 unspecified atom stereocenters. The second kappa shape index (κ2) is 9.53. The minimum atomic E-state index is -3.90. The fourth-order valence-electron chi connectivity index (χ4n) is 2.93. The lowest BCUT2D eigenvalue weighted by Crippen LogP contribution is -2.33. The number of nitrogens with one attached hydrogen (secondary N) is 2. The van der Waals surface area contributed by atoms with Crippen molar-refractivity contribution in [2.24, 2.45) is 5.92 Å². The maximum Gasteiger partial charge on any atom is 0.254 e. The van der Waals surface area contributed by atoms with Gasteiger partial charge in [-0.3, -0.25) is 9.78 Å². The van der Waals surface area contributed by atoms with Crippen molar-refractivity contribution in [2.45, 2.75) is 44.7 Å². The Hall–Kier alpha value is -3.18. The zero-order chi connectivity index (χ0) is 23.5. The molecule has 0 aliphatic carbocycles. The fraction of sp³-hybridized carbons (Fsp3) is 0.333. The van der Waals surface area contributed by atoms with Gasteiger partial charge in [-0.05, 0) is 50.1 Å². The van der Waals surface area contributed by atoms with Crippen LogP contribution in [-0.4, -0.2) is 35.5 Å². The number of aromatic nitrogens is 3. The molecular weight excluding hydrogens is 437 g/mol. The first kappa shape index (κ1) is 23.5. The molecule has 1 atom stereocenters. The summed E-state index contributed by atoms with van der Waals surface area (Å²) in [5, 5.41) is 6.59. The van der Waals surface area contributed by atoms with Crippen LogP contribution in [0.2, 0.25) is 0 Å². The molecule has 9 nitrogen and oxygen atoms in total. The lowest BCUT2D eigenvalue weighted by Gasteiger charge is -2.19. The predicted octanol–water partition coefficient (Wildman–Crippen LogP) is 3.08. The Labute approximate surface area is 185 Å². The number of hydrogen-bond donors (Lipinski definition) is 2. The summed E-state index contributed by atoms with van der Waals surface area (Å²) >= 11 is 0. The molecule has 0 spiro atoms. The SMILES string of the molecule is CC(C)NS(=O)(=O)c1ccc(F)c(C(=O)NC(c2nc(-c3cccnc3)no2)C(C)C)c1. The zero-order valence-electron chi connectivity index (χ0n) is 18.0. The van der Waals surface area contributed by atoms with Crippen molar-refractivity contribution in [1.82, 2.24) is 25.2 Å². The zero-order valence-corrected chi connectivity index (χ0v) is 18.9. The van der Waals surface area contributed by atoms with Crippen LogP contribution in [0.1, 0.15) is 50.0 Å². The first-order valence-electron chi connectivity index (χ1n) is 9.95. The van der Waals surface area contributed by atoms with Crippen molar-refractivity contribution >= 4 is 15.9 Å². The van der Waals surface area contributed by atoms with Gasteiger partial charge in [0, 0.05) is 24.0 Å². The Morgan fingerprint density at radius 1 is 1.16 bits per heavy atom. The molecule has 1 aromatic carbocycles. The van der Waals surface area contributed by atoms with Gasteiger partial charge in [-0.2, -0.15) is 4.98 Å². The summed E-state index contributed by atoms with van der Waals surface area (Å²) in [5.41, 5.74) is 0.229. The Balaban J connectivity index is 1.87. The van der Waals surface area contributed by atoms with E-state index in [0.717, 1.165) is 18.2 Å². The van der Waals surface area contributed by atoms with Crippen LogP contribution in [0.5, 0.6) is 0 Å². The number of rotatable bonds is 8. The molecule has 11 heteroatoms. The normalized spacial score (nSPS) is 12.8. The molecule has 3 rings (SSSR count). The van der Waals surface area contributed by atoms with Gasteiger partial charge in [-0.25, -0.2) is 17.5 Å². The summed E-state index contributed by atoms with van der Waals surface area (Å²) in [7, 11) is -3.90. The number of sulfonamides is 1. The molecule has 0 aliphatic heterocycles. The van der Waals surface area contributed by atoms with Crippen LogP contribution in [0.25, 0.3) is 11.4 Å². The molecule has 2 N–H and O–H groups in total. The van der Waals surface area contributed by atoms with E-state index in [0.29, 0.717) is 11.4 Å². The fourth-order valence-corrected chi connectivity index (χ4v) is 4.21. The van der Waals surface area contributed by atoms with E-state index >= 15 is 0 Å². The number of hydrogen-bond acceptors (Lipinski definition) is 7. The lowest BCUT2D eigenvalue weighted by atomic mass is 10.0. The van der Waals surface area contributed by atoms with Crippen LogP contribution in [0, 0.1) is 11.7 Å². The molecule has 32 heavy (non-hydrogen) atoms. The van der Waals surface area contributed by atoms with Gasteiger partial charge in [-0.1, -0.05) is 19.0 Å². The maximum absolute atomic E-state index is 14.4. The van der Waals surface area contributed by atoms with Crippen molar-refractivity contribution < 1.29 is 22.1 Å². The maximum atomic E-state index is 14.4. The quantitative estimate of drug-likeness (QED) is 0.528. The third kappa shape index (κ3) is 5.35. The Morgan fingerprint density at radius 3 is 2.53 bits per heavy atom. The van der Waals surface area contributed by atoms with Crippen LogP contribution in [0.3, 0.4) is 0 Å². The van der Waals surface area contributed by atoms with Gasteiger partial charge in [0.05, 0.1) is 10.5 Å². The van der Waals surface area contributed by atoms with E-state index in [1.54, 1.807) is 38.4 Å². The third-order valence-corrected chi connectivity index (χ3v) is 6.12. The van der Waals surface area contributed by atoms with Crippen molar-refractivity contribution in [1.29, 1.82) is 0 Å². The molecule has 0 saturated carbocycles. The average Bonchev–Trinajstić information content (AvgIpc) is 3.21. The highest BCUT2D eigenvalue weighted by Gasteiger charge is 2.27. The number of amides is 1. The van der Waals surface area contributed by atoms with Gasteiger partial charge in [0.2, 0.25) is 21.7 Å². The molecule has 0 bridgehead atoms. The first-order valence-corrected chi connectivity index (χ1v) is 11.4. The Kier molecular flexibility index (Phi) is 6.99. The number of carbonyl (C=O) groups excluding carboxylic acids is 1. The molecule has 0 aliphatic rings. The van der Waals surface area contributed by atoms with E-state index in [2.05, 4.69) is 25.2 Å². The van der Waals surface area contributed by atoms with Gasteiger partial charge >= 0.3 is 0 Å². The second-order valence-electron chi connectivity index (χ2n) is 7.81. The summed E-state index contributed by atoms with van der Waals surface area (Å²) in [6.45, 7) is 6.96. The van der Waals surface area contributed by atoms with Crippen LogP contribution in [0.15, 0.2) is 52.1 Å². The van der Waals surface area contributed by atoms with E-state index < -0.39 is 33.4 Å². The minimum Gasteiger partial charge on any atom is -0.340 e. The largest absolute Gasteiger partial charge is 0.340 e. The van der Waals surface area contributed by atoms with E-state index in [1.165, 1.54) is 0 Å². The van der Waals surface area contributed by atoms with Crippen LogP contribution in [-0.2, 0) is 10.0 Å². The summed E-state index contributed by atoms with van der Waals surface area (Å²) in [4.78, 5) is 21.0. The first-order chi connectivity index (χ1) is 15.1. The molecule has 3 aromatic rings. The third-order valence-electron chi connectivity index (χ3n) is 4.46.